The first-order chi connectivity index (χ1) is 8.32. The van der Waals surface area contributed by atoms with Crippen LogP contribution in [-0.4, -0.2) is 46.1 Å². The smallest absolute Gasteiger partial charge is 0.360 e. The molecule has 1 aromatic heterocycles. The third-order valence-corrected chi connectivity index (χ3v) is 2.78. The van der Waals surface area contributed by atoms with Crippen molar-refractivity contribution >= 4 is 11.6 Å². The van der Waals surface area contributed by atoms with Crippen molar-refractivity contribution in [3.63, 3.8) is 0 Å². The molecule has 0 spiro atoms. The zero-order valence-electron chi connectivity index (χ0n) is 11.5. The van der Waals surface area contributed by atoms with Crippen LogP contribution in [0.4, 0.5) is 11.6 Å². The van der Waals surface area contributed by atoms with Crippen molar-refractivity contribution in [1.82, 2.24) is 14.5 Å². The maximum Gasteiger partial charge on any atom is 0.406 e. The van der Waals surface area contributed by atoms with Crippen LogP contribution in [0.25, 0.3) is 0 Å². The number of anilines is 1. The maximum atomic E-state index is 10.9. The van der Waals surface area contributed by atoms with Crippen LogP contribution in [0.3, 0.4) is 0 Å². The van der Waals surface area contributed by atoms with Crippen LogP contribution in [0.5, 0.6) is 0 Å². The van der Waals surface area contributed by atoms with Crippen molar-refractivity contribution in [2.45, 2.75) is 19.9 Å². The lowest BCUT2D eigenvalue weighted by molar-refractivity contribution is -0.388. The second-order valence-electron chi connectivity index (χ2n) is 5.04. The van der Waals surface area contributed by atoms with Crippen LogP contribution in [-0.2, 0) is 7.05 Å². The van der Waals surface area contributed by atoms with E-state index in [1.54, 1.807) is 11.6 Å². The van der Waals surface area contributed by atoms with Gasteiger partial charge in [-0.3, -0.25) is 4.57 Å². The van der Waals surface area contributed by atoms with Gasteiger partial charge in [0.05, 0.1) is 0 Å². The molecule has 0 aromatic carbocycles. The van der Waals surface area contributed by atoms with Gasteiger partial charge in [-0.25, -0.2) is 0 Å². The lowest BCUT2D eigenvalue weighted by atomic mass is 10.0. The monoisotopic (exact) mass is 255 g/mol. The average Bonchev–Trinajstić information content (AvgIpc) is 2.58. The molecule has 7 nitrogen and oxygen atoms in total. The Kier molecular flexibility index (Phi) is 4.66. The Morgan fingerprint density at radius 3 is 2.61 bits per heavy atom. The summed E-state index contributed by atoms with van der Waals surface area (Å²) in [5, 5.41) is 14.1. The SMILES string of the molecule is CC(C)C(CN(C)C)Nc1c([N+](=O)[O-])ncn1C. The first-order valence-electron chi connectivity index (χ1n) is 5.90. The third-order valence-electron chi connectivity index (χ3n) is 2.78. The number of hydrogen-bond acceptors (Lipinski definition) is 5. The molecule has 102 valence electrons. The normalized spacial score (nSPS) is 13.1. The summed E-state index contributed by atoms with van der Waals surface area (Å²) in [5.74, 6) is 0.698. The van der Waals surface area contributed by atoms with Crippen molar-refractivity contribution in [3.8, 4) is 0 Å². The lowest BCUT2D eigenvalue weighted by Gasteiger charge is -2.26. The Balaban J connectivity index is 2.93. The largest absolute Gasteiger partial charge is 0.406 e. The van der Waals surface area contributed by atoms with E-state index in [1.807, 2.05) is 14.1 Å². The molecular formula is C11H21N5O2. The molecule has 0 radical (unpaired) electrons. The van der Waals surface area contributed by atoms with Gasteiger partial charge in [0.25, 0.3) is 0 Å². The quantitative estimate of drug-likeness (QED) is 0.613. The van der Waals surface area contributed by atoms with Crippen LogP contribution in [0.2, 0.25) is 0 Å². The second kappa shape index (κ2) is 5.81. The average molecular weight is 255 g/mol. The van der Waals surface area contributed by atoms with E-state index in [0.29, 0.717) is 11.7 Å². The molecule has 1 rings (SSSR count). The topological polar surface area (TPSA) is 76.2 Å². The number of rotatable bonds is 6. The fourth-order valence-electron chi connectivity index (χ4n) is 1.71. The van der Waals surface area contributed by atoms with Crippen LogP contribution in [0.1, 0.15) is 13.8 Å². The molecule has 0 saturated carbocycles. The molecule has 0 fully saturated rings. The molecule has 1 aromatic rings. The lowest BCUT2D eigenvalue weighted by Crippen LogP contribution is -2.37. The number of aryl methyl sites for hydroxylation is 1. The van der Waals surface area contributed by atoms with Crippen molar-refractivity contribution in [3.05, 3.63) is 16.4 Å². The molecule has 0 bridgehead atoms. The molecule has 18 heavy (non-hydrogen) atoms. The van der Waals surface area contributed by atoms with Gasteiger partial charge in [-0.2, -0.15) is 0 Å². The van der Waals surface area contributed by atoms with Gasteiger partial charge in [-0.15, -0.1) is 0 Å². The summed E-state index contributed by atoms with van der Waals surface area (Å²) in [4.78, 5) is 16.3. The minimum absolute atomic E-state index is 0.123. The third kappa shape index (κ3) is 3.43. The highest BCUT2D eigenvalue weighted by molar-refractivity contribution is 5.52. The van der Waals surface area contributed by atoms with Gasteiger partial charge in [0.2, 0.25) is 12.1 Å². The van der Waals surface area contributed by atoms with Crippen molar-refractivity contribution in [2.75, 3.05) is 26.0 Å². The van der Waals surface area contributed by atoms with E-state index in [-0.39, 0.29) is 11.9 Å². The fraction of sp³-hybridized carbons (Fsp3) is 0.727. The standard InChI is InChI=1S/C11H21N5O2/c1-8(2)9(6-14(3)4)13-11-10(16(17)18)12-7-15(11)5/h7-9,13H,6H2,1-5H3. The Morgan fingerprint density at radius 1 is 1.56 bits per heavy atom. The number of nitrogens with one attached hydrogen (secondary N) is 1. The predicted molar refractivity (Wildman–Crippen MR) is 70.7 cm³/mol. The van der Waals surface area contributed by atoms with Crippen molar-refractivity contribution < 1.29 is 4.92 Å². The van der Waals surface area contributed by atoms with Gasteiger partial charge < -0.3 is 20.3 Å². The number of aromatic nitrogens is 2. The first-order valence-corrected chi connectivity index (χ1v) is 5.90. The van der Waals surface area contributed by atoms with Crippen molar-refractivity contribution in [2.24, 2.45) is 13.0 Å². The number of imidazole rings is 1. The Morgan fingerprint density at radius 2 is 2.17 bits per heavy atom. The van der Waals surface area contributed by atoms with Crippen LogP contribution in [0, 0.1) is 16.0 Å². The molecule has 1 N–H and O–H groups in total. The molecule has 0 amide bonds. The molecule has 1 heterocycles. The summed E-state index contributed by atoms with van der Waals surface area (Å²) in [7, 11) is 5.71. The summed E-state index contributed by atoms with van der Waals surface area (Å²) in [6.07, 6.45) is 1.45. The molecule has 0 saturated heterocycles. The van der Waals surface area contributed by atoms with E-state index in [9.17, 15) is 10.1 Å². The predicted octanol–water partition coefficient (Wildman–Crippen LogP) is 1.33. The number of nitrogens with zero attached hydrogens (tertiary/aromatic N) is 4. The highest BCUT2D eigenvalue weighted by Gasteiger charge is 2.24. The minimum Gasteiger partial charge on any atom is -0.360 e. The van der Waals surface area contributed by atoms with E-state index >= 15 is 0 Å². The summed E-state index contributed by atoms with van der Waals surface area (Å²) < 4.78 is 1.64. The molecule has 0 aliphatic carbocycles. The molecule has 0 aliphatic rings. The first kappa shape index (κ1) is 14.4. The molecular weight excluding hydrogens is 234 g/mol. The number of nitro groups is 1. The Hall–Kier alpha value is -1.63. The minimum atomic E-state index is -0.463. The van der Waals surface area contributed by atoms with Gasteiger partial charge in [-0.05, 0) is 29.9 Å². The fourth-order valence-corrected chi connectivity index (χ4v) is 1.71. The Labute approximate surface area is 107 Å². The summed E-state index contributed by atoms with van der Waals surface area (Å²) >= 11 is 0. The van der Waals surface area contributed by atoms with E-state index in [2.05, 4.69) is 29.0 Å². The zero-order chi connectivity index (χ0) is 13.9. The second-order valence-corrected chi connectivity index (χ2v) is 5.04. The molecule has 0 aliphatic heterocycles. The Bertz CT molecular complexity index is 414. The van der Waals surface area contributed by atoms with E-state index in [0.717, 1.165) is 6.54 Å². The van der Waals surface area contributed by atoms with Crippen LogP contribution >= 0.6 is 0 Å². The highest BCUT2D eigenvalue weighted by Crippen LogP contribution is 2.23. The van der Waals surface area contributed by atoms with E-state index in [4.69, 9.17) is 0 Å². The molecule has 7 heteroatoms. The van der Waals surface area contributed by atoms with Gasteiger partial charge in [0.1, 0.15) is 0 Å². The maximum absolute atomic E-state index is 10.9. The van der Waals surface area contributed by atoms with Gasteiger partial charge in [0.15, 0.2) is 0 Å². The highest BCUT2D eigenvalue weighted by atomic mass is 16.6. The zero-order valence-corrected chi connectivity index (χ0v) is 11.5. The van der Waals surface area contributed by atoms with Crippen LogP contribution in [0.15, 0.2) is 6.33 Å². The summed E-state index contributed by atoms with van der Waals surface area (Å²) in [6, 6.07) is 0.133. The van der Waals surface area contributed by atoms with E-state index < -0.39 is 4.92 Å². The van der Waals surface area contributed by atoms with E-state index in [1.165, 1.54) is 6.33 Å². The van der Waals surface area contributed by atoms with Crippen molar-refractivity contribution in [1.29, 1.82) is 0 Å². The van der Waals surface area contributed by atoms with Crippen LogP contribution < -0.4 is 5.32 Å². The number of likely N-dealkylation sites (N-methyl/N-ethyl adjacent to an activating group) is 1. The number of hydrogen-bond donors (Lipinski definition) is 1. The summed E-state index contributed by atoms with van der Waals surface area (Å²) in [6.45, 7) is 4.98. The molecule has 1 atom stereocenters. The molecule has 1 unspecified atom stereocenters. The van der Waals surface area contributed by atoms with Gasteiger partial charge in [-0.1, -0.05) is 13.8 Å². The van der Waals surface area contributed by atoms with Gasteiger partial charge in [0, 0.05) is 19.6 Å². The summed E-state index contributed by atoms with van der Waals surface area (Å²) in [5.41, 5.74) is 0. The van der Waals surface area contributed by atoms with Gasteiger partial charge >= 0.3 is 5.82 Å².